The van der Waals surface area contributed by atoms with E-state index in [9.17, 15) is 0 Å². The van der Waals surface area contributed by atoms with Crippen molar-refractivity contribution >= 4 is 0 Å². The minimum atomic E-state index is 0.598. The largest absolute Gasteiger partial charge is 0.0596 e. The van der Waals surface area contributed by atoms with Crippen LogP contribution in [0.15, 0.2) is 0 Å². The molecule has 6 rings (SSSR count). The molecule has 0 bridgehead atoms. The highest BCUT2D eigenvalue weighted by Crippen LogP contribution is 3.14. The van der Waals surface area contributed by atoms with Crippen molar-refractivity contribution in [1.29, 1.82) is 0 Å². The van der Waals surface area contributed by atoms with E-state index < -0.39 is 0 Å². The molecule has 16 heavy (non-hydrogen) atoms. The van der Waals surface area contributed by atoms with Crippen molar-refractivity contribution in [3.63, 3.8) is 0 Å². The van der Waals surface area contributed by atoms with E-state index in [4.69, 9.17) is 0 Å². The highest BCUT2D eigenvalue weighted by atomic mass is 15.1. The zero-order valence-electron chi connectivity index (χ0n) is 11.5. The smallest absolute Gasteiger partial charge is 0.0146 e. The molecule has 88 valence electrons. The summed E-state index contributed by atoms with van der Waals surface area (Å²) < 4.78 is 0. The second-order valence-electron chi connectivity index (χ2n) is 9.52. The molecular formula is C16H24. The van der Waals surface area contributed by atoms with Gasteiger partial charge < -0.3 is 0 Å². The second kappa shape index (κ2) is 1.67. The molecular weight excluding hydrogens is 192 g/mol. The minimum Gasteiger partial charge on any atom is -0.0596 e. The molecule has 6 aliphatic rings. The van der Waals surface area contributed by atoms with Crippen molar-refractivity contribution in [2.45, 2.75) is 41.5 Å². The molecule has 6 aliphatic carbocycles. The van der Waals surface area contributed by atoms with Crippen LogP contribution in [0.25, 0.3) is 0 Å². The maximum atomic E-state index is 2.51. The molecule has 0 spiro atoms. The van der Waals surface area contributed by atoms with Crippen molar-refractivity contribution in [3.05, 3.63) is 0 Å². The highest BCUT2D eigenvalue weighted by Gasteiger charge is 3.11. The third-order valence-electron chi connectivity index (χ3n) is 8.23. The van der Waals surface area contributed by atoms with Gasteiger partial charge in [0, 0.05) is 0 Å². The molecule has 0 atom stereocenters. The first-order valence-electron chi connectivity index (χ1n) is 7.23. The van der Waals surface area contributed by atoms with Gasteiger partial charge in [0.15, 0.2) is 0 Å². The Kier molecular flexibility index (Phi) is 0.938. The third-order valence-corrected chi connectivity index (χ3v) is 8.23. The predicted molar refractivity (Wildman–Crippen MR) is 64.7 cm³/mol. The van der Waals surface area contributed by atoms with E-state index in [1.54, 1.807) is 0 Å². The van der Waals surface area contributed by atoms with E-state index in [1.165, 1.54) is 35.5 Å². The fourth-order valence-electron chi connectivity index (χ4n) is 8.53. The lowest BCUT2D eigenvalue weighted by Crippen LogP contribution is -3.12. The standard InChI is InChI=1S/C16H24/c1-13(2,3)15-7-10-8(15)12-9(15)11(7)16(10,12)14(4,5)6/h7-12H,1-6H3. The van der Waals surface area contributed by atoms with Gasteiger partial charge in [0.1, 0.15) is 0 Å². The summed E-state index contributed by atoms with van der Waals surface area (Å²) in [5, 5.41) is 0. The molecule has 0 radical (unpaired) electrons. The fraction of sp³-hybridized carbons (Fsp3) is 1.00. The summed E-state index contributed by atoms with van der Waals surface area (Å²) in [4.78, 5) is 0. The average molecular weight is 216 g/mol. The monoisotopic (exact) mass is 216 g/mol. The van der Waals surface area contributed by atoms with E-state index >= 15 is 0 Å². The van der Waals surface area contributed by atoms with Crippen LogP contribution in [-0.2, 0) is 0 Å². The van der Waals surface area contributed by atoms with E-state index in [-0.39, 0.29) is 0 Å². The molecule has 0 aromatic rings. The number of rotatable bonds is 0. The van der Waals surface area contributed by atoms with Crippen LogP contribution in [0.3, 0.4) is 0 Å². The normalized spacial score (nSPS) is 71.6. The predicted octanol–water partition coefficient (Wildman–Crippen LogP) is 3.82. The Labute approximate surface area is 99.2 Å². The molecule has 0 aromatic carbocycles. The van der Waals surface area contributed by atoms with E-state index in [1.807, 2.05) is 0 Å². The van der Waals surface area contributed by atoms with Gasteiger partial charge in [0.05, 0.1) is 0 Å². The Bertz CT molecular complexity index is 332. The molecule has 0 nitrogen and oxygen atoms in total. The lowest BCUT2D eigenvalue weighted by molar-refractivity contribution is -0.690. The van der Waals surface area contributed by atoms with Gasteiger partial charge in [0.2, 0.25) is 0 Å². The SMILES string of the molecule is CC(C)(C)C12C3C4C1C1C2C3C41C(C)(C)C. The molecule has 0 aliphatic heterocycles. The first kappa shape index (κ1) is 9.00. The fourth-order valence-corrected chi connectivity index (χ4v) is 8.53. The molecule has 0 heterocycles. The molecule has 6 fully saturated rings. The summed E-state index contributed by atoms with van der Waals surface area (Å²) in [6.45, 7) is 15.1. The van der Waals surface area contributed by atoms with Crippen LogP contribution in [-0.4, -0.2) is 0 Å². The van der Waals surface area contributed by atoms with Crippen LogP contribution in [0.1, 0.15) is 41.5 Å². The maximum Gasteiger partial charge on any atom is -0.0146 e. The van der Waals surface area contributed by atoms with Crippen LogP contribution in [0.5, 0.6) is 0 Å². The topological polar surface area (TPSA) is 0 Å². The molecule has 0 N–H and O–H groups in total. The van der Waals surface area contributed by atoms with Gasteiger partial charge in [-0.15, -0.1) is 0 Å². The van der Waals surface area contributed by atoms with Crippen molar-refractivity contribution < 1.29 is 0 Å². The summed E-state index contributed by atoms with van der Waals surface area (Å²) >= 11 is 0. The molecule has 0 unspecified atom stereocenters. The summed E-state index contributed by atoms with van der Waals surface area (Å²) in [6.07, 6.45) is 0. The zero-order valence-corrected chi connectivity index (χ0v) is 11.5. The third kappa shape index (κ3) is 0.389. The quantitative estimate of drug-likeness (QED) is 0.577. The van der Waals surface area contributed by atoms with Gasteiger partial charge in [-0.05, 0) is 57.2 Å². The van der Waals surface area contributed by atoms with Crippen LogP contribution in [0.2, 0.25) is 0 Å². The molecule has 0 heteroatoms. The first-order chi connectivity index (χ1) is 7.23. The van der Waals surface area contributed by atoms with Crippen LogP contribution >= 0.6 is 0 Å². The van der Waals surface area contributed by atoms with Crippen molar-refractivity contribution in [2.24, 2.45) is 57.2 Å². The molecule has 0 amide bonds. The van der Waals surface area contributed by atoms with Gasteiger partial charge in [-0.1, -0.05) is 41.5 Å². The van der Waals surface area contributed by atoms with Crippen molar-refractivity contribution in [3.8, 4) is 0 Å². The van der Waals surface area contributed by atoms with Gasteiger partial charge in [0.25, 0.3) is 0 Å². The van der Waals surface area contributed by atoms with E-state index in [0.29, 0.717) is 10.8 Å². The van der Waals surface area contributed by atoms with E-state index in [2.05, 4.69) is 41.5 Å². The number of hydrogen-bond acceptors (Lipinski definition) is 0. The zero-order chi connectivity index (χ0) is 11.5. The molecule has 0 saturated heterocycles. The van der Waals surface area contributed by atoms with Gasteiger partial charge in [-0.2, -0.15) is 0 Å². The Hall–Kier alpha value is 0. The Morgan fingerprint density at radius 2 is 0.688 bits per heavy atom. The maximum absolute atomic E-state index is 2.51. The summed E-state index contributed by atoms with van der Waals surface area (Å²) in [7, 11) is 0. The van der Waals surface area contributed by atoms with Gasteiger partial charge in [-0.3, -0.25) is 0 Å². The summed E-state index contributed by atoms with van der Waals surface area (Å²) in [6, 6.07) is 0. The Morgan fingerprint density at radius 1 is 0.500 bits per heavy atom. The summed E-state index contributed by atoms with van der Waals surface area (Å²) in [5.41, 5.74) is 2.89. The average Bonchev–Trinajstić information content (AvgIpc) is 2.14. The molecule has 6 saturated carbocycles. The minimum absolute atomic E-state index is 0.598. The second-order valence-corrected chi connectivity index (χ2v) is 9.52. The lowest BCUT2D eigenvalue weighted by Gasteiger charge is -3.15. The first-order valence-corrected chi connectivity index (χ1v) is 7.23. The Morgan fingerprint density at radius 3 is 0.812 bits per heavy atom. The molecule has 0 aromatic heterocycles. The van der Waals surface area contributed by atoms with Gasteiger partial charge in [-0.25, -0.2) is 0 Å². The van der Waals surface area contributed by atoms with Crippen LogP contribution < -0.4 is 0 Å². The lowest BCUT2D eigenvalue weighted by atomic mass is 8.89. The summed E-state index contributed by atoms with van der Waals surface area (Å²) in [5.74, 6) is 7.04. The highest BCUT2D eigenvalue weighted by molar-refractivity contribution is 5.57. The van der Waals surface area contributed by atoms with Crippen molar-refractivity contribution in [1.82, 2.24) is 0 Å². The van der Waals surface area contributed by atoms with Crippen LogP contribution in [0.4, 0.5) is 0 Å². The van der Waals surface area contributed by atoms with Crippen LogP contribution in [0, 0.1) is 57.2 Å². The van der Waals surface area contributed by atoms with Crippen molar-refractivity contribution in [2.75, 3.05) is 0 Å². The van der Waals surface area contributed by atoms with Gasteiger partial charge >= 0.3 is 0 Å². The number of hydrogen-bond donors (Lipinski definition) is 0. The van der Waals surface area contributed by atoms with E-state index in [0.717, 1.165) is 10.8 Å². The Balaban J connectivity index is 1.59.